The van der Waals surface area contributed by atoms with Gasteiger partial charge >= 0.3 is 6.03 Å². The molecule has 1 rings (SSSR count). The number of carbonyl (C=O) groups is 3. The Hall–Kier alpha value is -1.76. The van der Waals surface area contributed by atoms with Crippen molar-refractivity contribution in [3.05, 3.63) is 22.0 Å². The van der Waals surface area contributed by atoms with Crippen molar-refractivity contribution in [2.75, 3.05) is 6.54 Å². The molecule has 1 aliphatic heterocycles. The molecule has 1 saturated heterocycles. The monoisotopic (exact) mass is 451 g/mol. The number of likely N-dealkylation sites (tertiary alicyclic amines) is 1. The second-order valence-corrected chi connectivity index (χ2v) is 11.0. The third kappa shape index (κ3) is 7.70. The van der Waals surface area contributed by atoms with Crippen molar-refractivity contribution in [1.82, 2.24) is 15.5 Å². The number of hydrogen-bond donors (Lipinski definition) is 2. The molecular formula is C24H41N3O3S. The van der Waals surface area contributed by atoms with Gasteiger partial charge in [0.2, 0.25) is 5.91 Å². The largest absolute Gasteiger partial charge is 0.338 e. The first-order valence-electron chi connectivity index (χ1n) is 11.2. The van der Waals surface area contributed by atoms with Crippen molar-refractivity contribution in [3.63, 3.8) is 0 Å². The molecular weight excluding hydrogens is 410 g/mol. The number of Topliss-reactive ketones (excluding diaryl/α,β-unsaturated/α-hetero) is 1. The van der Waals surface area contributed by atoms with Gasteiger partial charge in [0.15, 0.2) is 5.78 Å². The van der Waals surface area contributed by atoms with Crippen molar-refractivity contribution < 1.29 is 14.4 Å². The molecule has 0 aliphatic carbocycles. The summed E-state index contributed by atoms with van der Waals surface area (Å²) in [5.41, 5.74) is -0.457. The molecule has 2 N–H and O–H groups in total. The minimum absolute atomic E-state index is 0.0616. The van der Waals surface area contributed by atoms with Crippen molar-refractivity contribution >= 4 is 29.5 Å². The summed E-state index contributed by atoms with van der Waals surface area (Å²) in [7, 11) is 0. The lowest BCUT2D eigenvalue weighted by atomic mass is 9.85. The first-order valence-corrected chi connectivity index (χ1v) is 12.0. The summed E-state index contributed by atoms with van der Waals surface area (Å²) >= 11 is 1.41. The average molecular weight is 452 g/mol. The van der Waals surface area contributed by atoms with Crippen LogP contribution in [0.4, 0.5) is 4.79 Å². The zero-order valence-electron chi connectivity index (χ0n) is 20.7. The maximum Gasteiger partial charge on any atom is 0.316 e. The Morgan fingerprint density at radius 1 is 1.10 bits per heavy atom. The SMILES string of the molecule is C/C=C(/C)S/C(=C/C)C(=O)C(NC(=O)NC(C(=O)N1CCCC1C)C(C)(C)C)C(C)C. The maximum absolute atomic E-state index is 13.2. The van der Waals surface area contributed by atoms with Gasteiger partial charge in [0.1, 0.15) is 6.04 Å². The van der Waals surface area contributed by atoms with Crippen molar-refractivity contribution in [3.8, 4) is 0 Å². The van der Waals surface area contributed by atoms with Gasteiger partial charge in [-0.2, -0.15) is 0 Å². The van der Waals surface area contributed by atoms with E-state index in [-0.39, 0.29) is 23.7 Å². The van der Waals surface area contributed by atoms with Gasteiger partial charge in [-0.05, 0) is 56.8 Å². The molecule has 6 nitrogen and oxygen atoms in total. The van der Waals surface area contributed by atoms with Crippen LogP contribution in [-0.4, -0.2) is 47.3 Å². The molecule has 0 radical (unpaired) electrons. The van der Waals surface area contributed by atoms with E-state index in [9.17, 15) is 14.4 Å². The molecule has 0 aromatic rings. The number of amides is 3. The smallest absolute Gasteiger partial charge is 0.316 e. The van der Waals surface area contributed by atoms with Crippen LogP contribution in [-0.2, 0) is 9.59 Å². The van der Waals surface area contributed by atoms with E-state index in [4.69, 9.17) is 0 Å². The quantitative estimate of drug-likeness (QED) is 0.516. The third-order valence-electron chi connectivity index (χ3n) is 5.64. The third-order valence-corrected chi connectivity index (χ3v) is 6.86. The van der Waals surface area contributed by atoms with Crippen LogP contribution < -0.4 is 10.6 Å². The molecule has 0 saturated carbocycles. The maximum atomic E-state index is 13.2. The van der Waals surface area contributed by atoms with Crippen LogP contribution in [0.2, 0.25) is 0 Å². The summed E-state index contributed by atoms with van der Waals surface area (Å²) < 4.78 is 0. The van der Waals surface area contributed by atoms with Crippen LogP contribution >= 0.6 is 11.8 Å². The Morgan fingerprint density at radius 2 is 1.71 bits per heavy atom. The molecule has 3 amide bonds. The van der Waals surface area contributed by atoms with Gasteiger partial charge in [-0.25, -0.2) is 4.79 Å². The number of thioether (sulfide) groups is 1. The van der Waals surface area contributed by atoms with E-state index in [0.717, 1.165) is 24.3 Å². The minimum atomic E-state index is -0.676. The second-order valence-electron chi connectivity index (χ2n) is 9.68. The summed E-state index contributed by atoms with van der Waals surface area (Å²) in [4.78, 5) is 42.7. The summed E-state index contributed by atoms with van der Waals surface area (Å²) in [6.07, 6.45) is 5.69. The van der Waals surface area contributed by atoms with Gasteiger partial charge in [-0.15, -0.1) is 0 Å². The fraction of sp³-hybridized carbons (Fsp3) is 0.708. The lowest BCUT2D eigenvalue weighted by molar-refractivity contribution is -0.136. The molecule has 1 aliphatic rings. The molecule has 0 spiro atoms. The van der Waals surface area contributed by atoms with E-state index in [0.29, 0.717) is 4.91 Å². The van der Waals surface area contributed by atoms with Crippen LogP contribution in [0, 0.1) is 11.3 Å². The lowest BCUT2D eigenvalue weighted by Crippen LogP contribution is -2.59. The van der Waals surface area contributed by atoms with Gasteiger partial charge in [-0.3, -0.25) is 9.59 Å². The number of nitrogens with one attached hydrogen (secondary N) is 2. The summed E-state index contributed by atoms with van der Waals surface area (Å²) in [5, 5.41) is 5.71. The first-order chi connectivity index (χ1) is 14.3. The van der Waals surface area contributed by atoms with E-state index >= 15 is 0 Å². The number of rotatable bonds is 8. The molecule has 0 bridgehead atoms. The zero-order valence-corrected chi connectivity index (χ0v) is 21.5. The Kier molecular flexibility index (Phi) is 10.3. The van der Waals surface area contributed by atoms with E-state index in [1.54, 1.807) is 6.08 Å². The average Bonchev–Trinajstić information content (AvgIpc) is 3.11. The van der Waals surface area contributed by atoms with Crippen LogP contribution in [0.25, 0.3) is 0 Å². The van der Waals surface area contributed by atoms with Crippen LogP contribution in [0.15, 0.2) is 22.0 Å². The first kappa shape index (κ1) is 27.3. The molecule has 7 heteroatoms. The van der Waals surface area contributed by atoms with Gasteiger partial charge in [-0.1, -0.05) is 58.5 Å². The number of allylic oxidation sites excluding steroid dienone is 3. The summed E-state index contributed by atoms with van der Waals surface area (Å²) in [5.74, 6) is -0.277. The summed E-state index contributed by atoms with van der Waals surface area (Å²) in [6, 6.07) is -1.66. The molecule has 3 unspecified atom stereocenters. The zero-order chi connectivity index (χ0) is 23.9. The lowest BCUT2D eigenvalue weighted by Gasteiger charge is -2.35. The molecule has 3 atom stereocenters. The Labute approximate surface area is 192 Å². The second kappa shape index (κ2) is 11.7. The highest BCUT2D eigenvalue weighted by Crippen LogP contribution is 2.28. The number of urea groups is 1. The minimum Gasteiger partial charge on any atom is -0.338 e. The van der Waals surface area contributed by atoms with Crippen LogP contribution in [0.3, 0.4) is 0 Å². The predicted octanol–water partition coefficient (Wildman–Crippen LogP) is 4.87. The van der Waals surface area contributed by atoms with Crippen molar-refractivity contribution in [2.45, 2.75) is 93.3 Å². The highest BCUT2D eigenvalue weighted by molar-refractivity contribution is 8.07. The fourth-order valence-corrected chi connectivity index (χ4v) is 4.37. The fourth-order valence-electron chi connectivity index (χ4n) is 3.56. The molecule has 176 valence electrons. The predicted molar refractivity (Wildman–Crippen MR) is 130 cm³/mol. The van der Waals surface area contributed by atoms with E-state index < -0.39 is 23.5 Å². The van der Waals surface area contributed by atoms with Gasteiger partial charge in [0, 0.05) is 12.6 Å². The Morgan fingerprint density at radius 3 is 2.13 bits per heavy atom. The molecule has 1 heterocycles. The molecule has 0 aromatic heterocycles. The highest BCUT2D eigenvalue weighted by Gasteiger charge is 2.39. The van der Waals surface area contributed by atoms with Crippen molar-refractivity contribution in [1.29, 1.82) is 0 Å². The van der Waals surface area contributed by atoms with Gasteiger partial charge in [0.05, 0.1) is 10.9 Å². The topological polar surface area (TPSA) is 78.5 Å². The van der Waals surface area contributed by atoms with Gasteiger partial charge in [0.25, 0.3) is 0 Å². The number of carbonyl (C=O) groups excluding carboxylic acids is 3. The standard InChI is InChI=1S/C24H41N3O3S/c1-10-17(6)31-18(11-2)20(28)19(15(3)4)25-23(30)26-21(24(7,8)9)22(29)27-14-12-13-16(27)5/h10-11,15-16,19,21H,12-14H2,1-9H3,(H2,25,26,30)/b17-10-,18-11+. The normalized spacial score (nSPS) is 19.9. The van der Waals surface area contributed by atoms with E-state index in [1.165, 1.54) is 11.8 Å². The van der Waals surface area contributed by atoms with Crippen molar-refractivity contribution in [2.24, 2.45) is 11.3 Å². The molecule has 1 fully saturated rings. The van der Waals surface area contributed by atoms with Crippen LogP contribution in [0.1, 0.15) is 75.2 Å². The number of ketones is 1. The van der Waals surface area contributed by atoms with E-state index in [1.807, 2.05) is 73.3 Å². The Balaban J connectivity index is 2.99. The summed E-state index contributed by atoms with van der Waals surface area (Å²) in [6.45, 7) is 18.1. The molecule has 31 heavy (non-hydrogen) atoms. The Bertz CT molecular complexity index is 722. The number of hydrogen-bond acceptors (Lipinski definition) is 4. The highest BCUT2D eigenvalue weighted by atomic mass is 32.2. The van der Waals surface area contributed by atoms with Gasteiger partial charge < -0.3 is 15.5 Å². The molecule has 0 aromatic carbocycles. The van der Waals surface area contributed by atoms with E-state index in [2.05, 4.69) is 10.6 Å². The van der Waals surface area contributed by atoms with Crippen LogP contribution in [0.5, 0.6) is 0 Å². The number of nitrogens with zero attached hydrogens (tertiary/aromatic N) is 1.